The Kier molecular flexibility index (Phi) is 3.87. The van der Waals surface area contributed by atoms with Gasteiger partial charge >= 0.3 is 0 Å². The van der Waals surface area contributed by atoms with Gasteiger partial charge in [-0.25, -0.2) is 0 Å². The zero-order valence-electron chi connectivity index (χ0n) is 11.9. The van der Waals surface area contributed by atoms with Crippen molar-refractivity contribution in [3.05, 3.63) is 0 Å². The van der Waals surface area contributed by atoms with Crippen LogP contribution in [0.4, 0.5) is 0 Å². The topological polar surface area (TPSA) is 47.9 Å². The van der Waals surface area contributed by atoms with Crippen molar-refractivity contribution in [2.24, 2.45) is 5.92 Å². The molecule has 4 heteroatoms. The molecule has 0 radical (unpaired) electrons. The van der Waals surface area contributed by atoms with Gasteiger partial charge in [0, 0.05) is 33.2 Å². The van der Waals surface area contributed by atoms with E-state index in [4.69, 9.17) is 14.2 Å². The predicted molar refractivity (Wildman–Crippen MR) is 71.1 cm³/mol. The Morgan fingerprint density at radius 2 is 2.05 bits per heavy atom. The molecule has 0 bridgehead atoms. The van der Waals surface area contributed by atoms with Crippen molar-refractivity contribution in [1.29, 1.82) is 0 Å². The average Bonchev–Trinajstić information content (AvgIpc) is 2.87. The molecule has 1 aliphatic carbocycles. The molecule has 1 N–H and O–H groups in total. The van der Waals surface area contributed by atoms with Crippen LogP contribution in [-0.4, -0.2) is 49.3 Å². The van der Waals surface area contributed by atoms with Crippen molar-refractivity contribution in [1.82, 2.24) is 0 Å². The number of methoxy groups -OCH3 is 1. The van der Waals surface area contributed by atoms with E-state index < -0.39 is 5.60 Å². The molecule has 19 heavy (non-hydrogen) atoms. The van der Waals surface area contributed by atoms with Crippen molar-refractivity contribution < 1.29 is 19.3 Å². The van der Waals surface area contributed by atoms with Gasteiger partial charge in [0.25, 0.3) is 0 Å². The second-order valence-corrected chi connectivity index (χ2v) is 6.58. The molecule has 0 aromatic rings. The third kappa shape index (κ3) is 2.68. The van der Waals surface area contributed by atoms with Gasteiger partial charge in [-0.1, -0.05) is 0 Å². The lowest BCUT2D eigenvalue weighted by molar-refractivity contribution is -0.163. The second kappa shape index (κ2) is 5.32. The summed E-state index contributed by atoms with van der Waals surface area (Å²) in [6.07, 6.45) is 6.95. The van der Waals surface area contributed by atoms with Crippen molar-refractivity contribution in [2.45, 2.75) is 62.3 Å². The van der Waals surface area contributed by atoms with Crippen LogP contribution in [0, 0.1) is 5.92 Å². The Labute approximate surface area is 115 Å². The summed E-state index contributed by atoms with van der Waals surface area (Å²) >= 11 is 0. The highest BCUT2D eigenvalue weighted by molar-refractivity contribution is 4.99. The lowest BCUT2D eigenvalue weighted by Gasteiger charge is -2.47. The van der Waals surface area contributed by atoms with E-state index in [9.17, 15) is 5.11 Å². The molecule has 2 saturated heterocycles. The Balaban J connectivity index is 1.69. The van der Waals surface area contributed by atoms with Gasteiger partial charge in [0.2, 0.25) is 0 Å². The van der Waals surface area contributed by atoms with Crippen molar-refractivity contribution >= 4 is 0 Å². The highest BCUT2D eigenvalue weighted by atomic mass is 16.6. The molecule has 3 rings (SSSR count). The molecule has 2 aliphatic heterocycles. The fraction of sp³-hybridized carbons (Fsp3) is 1.00. The lowest BCUT2D eigenvalue weighted by Crippen LogP contribution is -2.51. The molecule has 0 amide bonds. The maximum Gasteiger partial charge on any atom is 0.0940 e. The smallest absolute Gasteiger partial charge is 0.0940 e. The lowest BCUT2D eigenvalue weighted by atomic mass is 9.68. The minimum absolute atomic E-state index is 0.112. The molecule has 110 valence electrons. The van der Waals surface area contributed by atoms with Crippen LogP contribution in [0.25, 0.3) is 0 Å². The molecule has 2 heterocycles. The van der Waals surface area contributed by atoms with Gasteiger partial charge < -0.3 is 19.3 Å². The first-order valence-corrected chi connectivity index (χ1v) is 7.63. The first-order valence-electron chi connectivity index (χ1n) is 7.63. The Morgan fingerprint density at radius 1 is 1.16 bits per heavy atom. The molecular formula is C15H26O4. The number of rotatable bonds is 2. The molecule has 4 unspecified atom stereocenters. The van der Waals surface area contributed by atoms with Crippen LogP contribution in [0.5, 0.6) is 0 Å². The molecule has 0 aromatic heterocycles. The van der Waals surface area contributed by atoms with Crippen LogP contribution < -0.4 is 0 Å². The van der Waals surface area contributed by atoms with Crippen LogP contribution in [0.15, 0.2) is 0 Å². The highest BCUT2D eigenvalue weighted by Crippen LogP contribution is 2.45. The fourth-order valence-electron chi connectivity index (χ4n) is 4.16. The molecule has 3 fully saturated rings. The highest BCUT2D eigenvalue weighted by Gasteiger charge is 2.49. The van der Waals surface area contributed by atoms with Gasteiger partial charge in [0.15, 0.2) is 0 Å². The number of hydrogen-bond acceptors (Lipinski definition) is 4. The van der Waals surface area contributed by atoms with Gasteiger partial charge in [0.05, 0.1) is 23.9 Å². The van der Waals surface area contributed by atoms with E-state index in [0.29, 0.717) is 12.5 Å². The number of aliphatic hydroxyl groups is 1. The predicted octanol–water partition coefficient (Wildman–Crippen LogP) is 1.89. The summed E-state index contributed by atoms with van der Waals surface area (Å²) in [4.78, 5) is 0. The fourth-order valence-corrected chi connectivity index (χ4v) is 4.16. The third-order valence-corrected chi connectivity index (χ3v) is 5.37. The minimum Gasteiger partial charge on any atom is -0.389 e. The van der Waals surface area contributed by atoms with E-state index in [2.05, 4.69) is 0 Å². The third-order valence-electron chi connectivity index (χ3n) is 5.37. The van der Waals surface area contributed by atoms with E-state index in [-0.39, 0.29) is 11.7 Å². The summed E-state index contributed by atoms with van der Waals surface area (Å²) in [7, 11) is 1.76. The second-order valence-electron chi connectivity index (χ2n) is 6.58. The van der Waals surface area contributed by atoms with E-state index in [1.807, 2.05) is 0 Å². The van der Waals surface area contributed by atoms with Gasteiger partial charge in [-0.15, -0.1) is 0 Å². The Bertz CT molecular complexity index is 313. The molecule has 4 nitrogen and oxygen atoms in total. The van der Waals surface area contributed by atoms with E-state index in [0.717, 1.165) is 58.2 Å². The molecule has 4 atom stereocenters. The summed E-state index contributed by atoms with van der Waals surface area (Å²) in [5.74, 6) is 0.334. The van der Waals surface area contributed by atoms with E-state index >= 15 is 0 Å². The summed E-state index contributed by atoms with van der Waals surface area (Å²) < 4.78 is 17.0. The zero-order valence-corrected chi connectivity index (χ0v) is 11.9. The summed E-state index contributed by atoms with van der Waals surface area (Å²) in [5, 5.41) is 11.1. The molecular weight excluding hydrogens is 244 g/mol. The molecule has 1 saturated carbocycles. The molecule has 3 aliphatic rings. The molecule has 1 spiro atoms. The minimum atomic E-state index is -0.557. The van der Waals surface area contributed by atoms with Crippen molar-refractivity contribution in [3.63, 3.8) is 0 Å². The van der Waals surface area contributed by atoms with Gasteiger partial charge in [-0.05, 0) is 38.0 Å². The van der Waals surface area contributed by atoms with Gasteiger partial charge in [-0.2, -0.15) is 0 Å². The summed E-state index contributed by atoms with van der Waals surface area (Å²) in [6.45, 7) is 2.26. The number of hydrogen-bond donors (Lipinski definition) is 1. The van der Waals surface area contributed by atoms with Crippen molar-refractivity contribution in [2.75, 3.05) is 26.9 Å². The van der Waals surface area contributed by atoms with Crippen LogP contribution in [0.2, 0.25) is 0 Å². The van der Waals surface area contributed by atoms with Gasteiger partial charge in [0.1, 0.15) is 0 Å². The van der Waals surface area contributed by atoms with Crippen LogP contribution in [0.1, 0.15) is 44.9 Å². The van der Waals surface area contributed by atoms with E-state index in [1.165, 1.54) is 0 Å². The quantitative estimate of drug-likeness (QED) is 0.832. The van der Waals surface area contributed by atoms with Crippen LogP contribution in [-0.2, 0) is 14.2 Å². The van der Waals surface area contributed by atoms with Crippen LogP contribution in [0.3, 0.4) is 0 Å². The average molecular weight is 270 g/mol. The van der Waals surface area contributed by atoms with Crippen LogP contribution >= 0.6 is 0 Å². The standard InChI is InChI=1S/C15H26O4/c1-17-13-3-2-5-15(16,10-13)12-4-7-19-14(9-12)6-8-18-11-14/h12-13,16H,2-11H2,1H3. The first-order chi connectivity index (χ1) is 9.16. The largest absolute Gasteiger partial charge is 0.389 e. The Morgan fingerprint density at radius 3 is 2.79 bits per heavy atom. The monoisotopic (exact) mass is 270 g/mol. The molecule has 0 aromatic carbocycles. The Hall–Kier alpha value is -0.160. The maximum absolute atomic E-state index is 11.1. The van der Waals surface area contributed by atoms with Crippen molar-refractivity contribution in [3.8, 4) is 0 Å². The SMILES string of the molecule is COC1CCCC(O)(C2CCOC3(CCOC3)C2)C1. The summed E-state index contributed by atoms with van der Waals surface area (Å²) in [6, 6.07) is 0. The zero-order chi connectivity index (χ0) is 13.3. The van der Waals surface area contributed by atoms with E-state index in [1.54, 1.807) is 7.11 Å². The first kappa shape index (κ1) is 13.8. The maximum atomic E-state index is 11.1. The normalized spacial score (nSPS) is 47.7. The number of ether oxygens (including phenoxy) is 3. The van der Waals surface area contributed by atoms with Gasteiger partial charge in [-0.3, -0.25) is 0 Å². The summed E-state index contributed by atoms with van der Waals surface area (Å²) in [5.41, 5.74) is -0.670.